The zero-order valence-corrected chi connectivity index (χ0v) is 14.1. The van der Waals surface area contributed by atoms with Crippen molar-refractivity contribution in [1.29, 1.82) is 0 Å². The first-order valence-electron chi connectivity index (χ1n) is 7.01. The number of hydrogen-bond acceptors (Lipinski definition) is 3. The van der Waals surface area contributed by atoms with Crippen molar-refractivity contribution in [2.24, 2.45) is 0 Å². The zero-order valence-electron chi connectivity index (χ0n) is 13.3. The Morgan fingerprint density at radius 3 is 2.18 bits per heavy atom. The van der Waals surface area contributed by atoms with E-state index in [0.717, 1.165) is 22.4 Å². The monoisotopic (exact) mass is 319 g/mol. The topological polar surface area (TPSA) is 46.6 Å². The van der Waals surface area contributed by atoms with Crippen LogP contribution in [0.4, 0.5) is 0 Å². The van der Waals surface area contributed by atoms with Gasteiger partial charge in [0.1, 0.15) is 5.75 Å². The smallest absolute Gasteiger partial charge is 0.243 e. The fourth-order valence-electron chi connectivity index (χ4n) is 2.13. The van der Waals surface area contributed by atoms with E-state index in [4.69, 9.17) is 4.74 Å². The van der Waals surface area contributed by atoms with Gasteiger partial charge in [0.25, 0.3) is 0 Å². The van der Waals surface area contributed by atoms with Gasteiger partial charge in [0.15, 0.2) is 0 Å². The molecule has 0 aromatic heterocycles. The first-order chi connectivity index (χ1) is 10.3. The maximum absolute atomic E-state index is 12.6. The molecule has 0 aliphatic rings. The lowest BCUT2D eigenvalue weighted by Gasteiger charge is -2.18. The molecule has 0 saturated heterocycles. The molecule has 0 radical (unpaired) electrons. The number of benzene rings is 2. The molecule has 118 valence electrons. The van der Waals surface area contributed by atoms with Gasteiger partial charge >= 0.3 is 0 Å². The lowest BCUT2D eigenvalue weighted by atomic mass is 10.1. The van der Waals surface area contributed by atoms with Gasteiger partial charge in [-0.1, -0.05) is 18.2 Å². The van der Waals surface area contributed by atoms with Gasteiger partial charge < -0.3 is 4.74 Å². The van der Waals surface area contributed by atoms with Crippen molar-refractivity contribution in [2.75, 3.05) is 14.2 Å². The molecule has 0 aliphatic carbocycles. The molecule has 0 bridgehead atoms. The third-order valence-electron chi connectivity index (χ3n) is 3.75. The number of nitrogens with zero attached hydrogens (tertiary/aromatic N) is 1. The van der Waals surface area contributed by atoms with Crippen molar-refractivity contribution in [3.05, 3.63) is 59.2 Å². The Bertz CT molecular complexity index is 752. The van der Waals surface area contributed by atoms with Crippen LogP contribution in [-0.4, -0.2) is 26.9 Å². The van der Waals surface area contributed by atoms with Crippen molar-refractivity contribution in [1.82, 2.24) is 4.31 Å². The second-order valence-electron chi connectivity index (χ2n) is 5.36. The van der Waals surface area contributed by atoms with Gasteiger partial charge in [-0.15, -0.1) is 0 Å². The van der Waals surface area contributed by atoms with Crippen LogP contribution < -0.4 is 4.74 Å². The molecule has 2 aromatic carbocycles. The average molecular weight is 319 g/mol. The summed E-state index contributed by atoms with van der Waals surface area (Å²) in [5, 5.41) is 0. The van der Waals surface area contributed by atoms with Gasteiger partial charge in [0, 0.05) is 13.6 Å². The Morgan fingerprint density at radius 1 is 1.00 bits per heavy atom. The minimum atomic E-state index is -3.49. The molecule has 0 heterocycles. The van der Waals surface area contributed by atoms with E-state index < -0.39 is 10.0 Å². The van der Waals surface area contributed by atoms with Crippen LogP contribution in [0.3, 0.4) is 0 Å². The minimum absolute atomic E-state index is 0.319. The van der Waals surface area contributed by atoms with Crippen molar-refractivity contribution in [3.63, 3.8) is 0 Å². The summed E-state index contributed by atoms with van der Waals surface area (Å²) in [5.74, 6) is 0.753. The van der Waals surface area contributed by atoms with Gasteiger partial charge in [-0.25, -0.2) is 8.42 Å². The number of hydrogen-bond donors (Lipinski definition) is 0. The lowest BCUT2D eigenvalue weighted by molar-refractivity contribution is 0.414. The molecular weight excluding hydrogens is 298 g/mol. The van der Waals surface area contributed by atoms with Gasteiger partial charge in [-0.3, -0.25) is 0 Å². The molecular formula is C17H21NO3S. The molecule has 0 fully saturated rings. The summed E-state index contributed by atoms with van der Waals surface area (Å²) in [4.78, 5) is 0.326. The zero-order chi connectivity index (χ0) is 16.3. The summed E-state index contributed by atoms with van der Waals surface area (Å²) < 4.78 is 31.7. The molecule has 22 heavy (non-hydrogen) atoms. The summed E-state index contributed by atoms with van der Waals surface area (Å²) in [6, 6.07) is 12.6. The largest absolute Gasteiger partial charge is 0.497 e. The van der Waals surface area contributed by atoms with Gasteiger partial charge in [0.2, 0.25) is 10.0 Å². The average Bonchev–Trinajstić information content (AvgIpc) is 2.50. The molecule has 5 heteroatoms. The number of methoxy groups -OCH3 is 1. The Hall–Kier alpha value is -1.85. The molecule has 0 N–H and O–H groups in total. The van der Waals surface area contributed by atoms with Crippen molar-refractivity contribution in [3.8, 4) is 5.75 Å². The number of sulfonamides is 1. The van der Waals surface area contributed by atoms with E-state index >= 15 is 0 Å². The second-order valence-corrected chi connectivity index (χ2v) is 7.40. The van der Waals surface area contributed by atoms with Crippen LogP contribution in [0, 0.1) is 13.8 Å². The minimum Gasteiger partial charge on any atom is -0.497 e. The Kier molecular flexibility index (Phi) is 4.88. The SMILES string of the molecule is COc1ccc(CN(C)S(=O)(=O)c2ccc(C)c(C)c2)cc1. The normalized spacial score (nSPS) is 11.7. The van der Waals surface area contributed by atoms with E-state index in [1.165, 1.54) is 4.31 Å². The van der Waals surface area contributed by atoms with Gasteiger partial charge in [0.05, 0.1) is 12.0 Å². The van der Waals surface area contributed by atoms with E-state index in [0.29, 0.717) is 11.4 Å². The van der Waals surface area contributed by atoms with Crippen molar-refractivity contribution in [2.45, 2.75) is 25.3 Å². The van der Waals surface area contributed by atoms with Gasteiger partial charge in [-0.05, 0) is 54.8 Å². The Balaban J connectivity index is 2.22. The Labute approximate surface area is 132 Å². The Morgan fingerprint density at radius 2 is 1.64 bits per heavy atom. The van der Waals surface area contributed by atoms with Gasteiger partial charge in [-0.2, -0.15) is 4.31 Å². The fraction of sp³-hybridized carbons (Fsp3) is 0.294. The van der Waals surface area contributed by atoms with E-state index in [1.807, 2.05) is 44.2 Å². The molecule has 2 aromatic rings. The molecule has 0 spiro atoms. The highest BCUT2D eigenvalue weighted by Crippen LogP contribution is 2.20. The summed E-state index contributed by atoms with van der Waals surface area (Å²) in [6.45, 7) is 4.20. The molecule has 0 saturated carbocycles. The highest BCUT2D eigenvalue weighted by Gasteiger charge is 2.21. The van der Waals surface area contributed by atoms with Crippen LogP contribution >= 0.6 is 0 Å². The summed E-state index contributed by atoms with van der Waals surface area (Å²) in [5.41, 5.74) is 2.96. The first-order valence-corrected chi connectivity index (χ1v) is 8.45. The third-order valence-corrected chi connectivity index (χ3v) is 5.55. The van der Waals surface area contributed by atoms with Crippen LogP contribution in [-0.2, 0) is 16.6 Å². The van der Waals surface area contributed by atoms with Crippen LogP contribution in [0.2, 0.25) is 0 Å². The van der Waals surface area contributed by atoms with E-state index in [2.05, 4.69) is 0 Å². The first kappa shape index (κ1) is 16.5. The number of aryl methyl sites for hydroxylation is 2. The third kappa shape index (κ3) is 3.48. The fourth-order valence-corrected chi connectivity index (χ4v) is 3.37. The lowest BCUT2D eigenvalue weighted by Crippen LogP contribution is -2.26. The quantitative estimate of drug-likeness (QED) is 0.850. The predicted octanol–water partition coefficient (Wildman–Crippen LogP) is 3.13. The molecule has 0 unspecified atom stereocenters. The number of ether oxygens (including phenoxy) is 1. The van der Waals surface area contributed by atoms with Crippen molar-refractivity contribution >= 4 is 10.0 Å². The van der Waals surface area contributed by atoms with Crippen LogP contribution in [0.1, 0.15) is 16.7 Å². The van der Waals surface area contributed by atoms with Crippen LogP contribution in [0.15, 0.2) is 47.4 Å². The van der Waals surface area contributed by atoms with E-state index in [-0.39, 0.29) is 0 Å². The van der Waals surface area contributed by atoms with E-state index in [9.17, 15) is 8.42 Å². The molecule has 0 aliphatic heterocycles. The molecule has 0 atom stereocenters. The molecule has 2 rings (SSSR count). The standard InChI is InChI=1S/C17H21NO3S/c1-13-5-10-17(11-14(13)2)22(19,20)18(3)12-15-6-8-16(21-4)9-7-15/h5-11H,12H2,1-4H3. The van der Waals surface area contributed by atoms with E-state index in [1.54, 1.807) is 26.3 Å². The number of rotatable bonds is 5. The predicted molar refractivity (Wildman–Crippen MR) is 87.6 cm³/mol. The molecule has 4 nitrogen and oxygen atoms in total. The molecule has 0 amide bonds. The summed E-state index contributed by atoms with van der Waals surface area (Å²) in [7, 11) is -0.296. The second kappa shape index (κ2) is 6.50. The van der Waals surface area contributed by atoms with Crippen LogP contribution in [0.25, 0.3) is 0 Å². The maximum atomic E-state index is 12.6. The highest BCUT2D eigenvalue weighted by molar-refractivity contribution is 7.89. The maximum Gasteiger partial charge on any atom is 0.243 e. The van der Waals surface area contributed by atoms with Crippen molar-refractivity contribution < 1.29 is 13.2 Å². The summed E-state index contributed by atoms with van der Waals surface area (Å²) >= 11 is 0. The summed E-state index contributed by atoms with van der Waals surface area (Å²) in [6.07, 6.45) is 0. The highest BCUT2D eigenvalue weighted by atomic mass is 32.2. The van der Waals surface area contributed by atoms with Crippen LogP contribution in [0.5, 0.6) is 5.75 Å².